The fraction of sp³-hybridized carbons (Fsp3) is 0.743. The molecule has 0 amide bonds. The van der Waals surface area contributed by atoms with Gasteiger partial charge in [0.15, 0.2) is 0 Å². The highest BCUT2D eigenvalue weighted by atomic mass is 16.5. The molecule has 216 valence electrons. The summed E-state index contributed by atoms with van der Waals surface area (Å²) in [5, 5.41) is 0. The van der Waals surface area contributed by atoms with E-state index in [1.807, 2.05) is 0 Å². The highest BCUT2D eigenvalue weighted by Crippen LogP contribution is 2.43. The molecule has 1 aromatic carbocycles. The second-order valence-electron chi connectivity index (χ2n) is 13.3. The molecule has 0 spiro atoms. The van der Waals surface area contributed by atoms with Gasteiger partial charge in [0.25, 0.3) is 0 Å². The van der Waals surface area contributed by atoms with Crippen LogP contribution in [0.4, 0.5) is 5.69 Å². The maximum absolute atomic E-state index is 12.6. The first-order valence-corrected chi connectivity index (χ1v) is 16.5. The molecule has 1 saturated heterocycles. The van der Waals surface area contributed by atoms with Gasteiger partial charge >= 0.3 is 5.97 Å². The van der Waals surface area contributed by atoms with Gasteiger partial charge in [0, 0.05) is 44.3 Å². The van der Waals surface area contributed by atoms with E-state index in [0.717, 1.165) is 24.7 Å². The lowest BCUT2D eigenvalue weighted by atomic mass is 9.72. The van der Waals surface area contributed by atoms with E-state index < -0.39 is 0 Å². The standard InChI is InChI=1S/C35H54N2O2/c1-2-23-39-35(38)25-30-15-20-34(33(24-30)31-16-18-32(19-17-31)36-21-9-10-22-36)37(26-28-11-5-3-6-12-28)27-29-13-7-4-8-14-29/h2,16-19,28-30,33-34H,1,3-15,20-27H2/t30-,33+,34-/m1/s1. The molecular formula is C35H54N2O2. The van der Waals surface area contributed by atoms with Crippen molar-refractivity contribution >= 4 is 11.7 Å². The van der Waals surface area contributed by atoms with Crippen LogP contribution in [-0.2, 0) is 9.53 Å². The second-order valence-corrected chi connectivity index (χ2v) is 13.3. The first-order valence-electron chi connectivity index (χ1n) is 16.5. The maximum Gasteiger partial charge on any atom is 0.306 e. The molecule has 4 nitrogen and oxygen atoms in total. The van der Waals surface area contributed by atoms with E-state index in [-0.39, 0.29) is 5.97 Å². The predicted octanol–water partition coefficient (Wildman–Crippen LogP) is 8.12. The van der Waals surface area contributed by atoms with E-state index in [1.54, 1.807) is 6.08 Å². The van der Waals surface area contributed by atoms with Crippen LogP contribution < -0.4 is 4.90 Å². The SMILES string of the molecule is C=CCOC(=O)C[C@@H]1CC[C@@H](N(CC2CCCCC2)CC2CCCCC2)[C@H](c2ccc(N3CCCC3)cc2)C1. The molecule has 4 aliphatic rings. The molecule has 4 fully saturated rings. The molecule has 3 aliphatic carbocycles. The molecule has 1 aromatic rings. The monoisotopic (exact) mass is 534 g/mol. The quantitative estimate of drug-likeness (QED) is 0.212. The first kappa shape index (κ1) is 28.7. The van der Waals surface area contributed by atoms with Crippen molar-refractivity contribution in [1.82, 2.24) is 4.90 Å². The number of hydrogen-bond acceptors (Lipinski definition) is 4. The Labute approximate surface area is 238 Å². The van der Waals surface area contributed by atoms with Crippen LogP contribution in [0.15, 0.2) is 36.9 Å². The van der Waals surface area contributed by atoms with Crippen LogP contribution in [0.25, 0.3) is 0 Å². The third-order valence-corrected chi connectivity index (χ3v) is 10.4. The Hall–Kier alpha value is -1.81. The average Bonchev–Trinajstić information content (AvgIpc) is 3.52. The van der Waals surface area contributed by atoms with Crippen LogP contribution in [0.2, 0.25) is 0 Å². The zero-order valence-corrected chi connectivity index (χ0v) is 24.5. The molecular weight excluding hydrogens is 480 g/mol. The summed E-state index contributed by atoms with van der Waals surface area (Å²) >= 11 is 0. The Morgan fingerprint density at radius 3 is 2.03 bits per heavy atom. The van der Waals surface area contributed by atoms with E-state index in [2.05, 4.69) is 40.6 Å². The number of esters is 1. The van der Waals surface area contributed by atoms with Crippen LogP contribution in [0.3, 0.4) is 0 Å². The number of benzene rings is 1. The summed E-state index contributed by atoms with van der Waals surface area (Å²) in [4.78, 5) is 18.1. The highest BCUT2D eigenvalue weighted by Gasteiger charge is 2.38. The van der Waals surface area contributed by atoms with Crippen molar-refractivity contribution < 1.29 is 9.53 Å². The first-order chi connectivity index (χ1) is 19.2. The van der Waals surface area contributed by atoms with E-state index >= 15 is 0 Å². The molecule has 3 atom stereocenters. The van der Waals surface area contributed by atoms with Gasteiger partial charge in [0.1, 0.15) is 6.61 Å². The molecule has 0 radical (unpaired) electrons. The molecule has 0 bridgehead atoms. The molecule has 39 heavy (non-hydrogen) atoms. The minimum atomic E-state index is -0.0530. The molecule has 0 aromatic heterocycles. The van der Waals surface area contributed by atoms with E-state index in [1.165, 1.54) is 121 Å². The van der Waals surface area contributed by atoms with Gasteiger partial charge in [-0.1, -0.05) is 63.3 Å². The fourth-order valence-electron chi connectivity index (χ4n) is 8.32. The van der Waals surface area contributed by atoms with Crippen LogP contribution in [-0.4, -0.2) is 49.7 Å². The Morgan fingerprint density at radius 1 is 0.821 bits per heavy atom. The Kier molecular flexibility index (Phi) is 10.8. The maximum atomic E-state index is 12.6. The topological polar surface area (TPSA) is 32.8 Å². The number of nitrogens with zero attached hydrogens (tertiary/aromatic N) is 2. The summed E-state index contributed by atoms with van der Waals surface area (Å²) < 4.78 is 5.41. The Morgan fingerprint density at radius 2 is 1.44 bits per heavy atom. The molecule has 1 aliphatic heterocycles. The zero-order valence-electron chi connectivity index (χ0n) is 24.5. The van der Waals surface area contributed by atoms with Crippen LogP contribution in [0.1, 0.15) is 114 Å². The summed E-state index contributed by atoms with van der Waals surface area (Å²) in [6, 6.07) is 10.2. The second kappa shape index (κ2) is 14.7. The summed E-state index contributed by atoms with van der Waals surface area (Å²) in [7, 11) is 0. The lowest BCUT2D eigenvalue weighted by Crippen LogP contribution is -2.47. The van der Waals surface area contributed by atoms with Crippen molar-refractivity contribution in [2.45, 2.75) is 115 Å². The van der Waals surface area contributed by atoms with Crippen molar-refractivity contribution in [2.75, 3.05) is 37.7 Å². The smallest absolute Gasteiger partial charge is 0.306 e. The molecule has 0 N–H and O–H groups in total. The van der Waals surface area contributed by atoms with Crippen LogP contribution >= 0.6 is 0 Å². The summed E-state index contributed by atoms with van der Waals surface area (Å²) in [5.74, 6) is 2.59. The van der Waals surface area contributed by atoms with Gasteiger partial charge in [0.05, 0.1) is 0 Å². The number of carbonyl (C=O) groups is 1. The summed E-state index contributed by atoms with van der Waals surface area (Å²) in [6.07, 6.45) is 22.5. The molecule has 5 rings (SSSR count). The van der Waals surface area contributed by atoms with Crippen molar-refractivity contribution in [3.05, 3.63) is 42.5 Å². The normalized spacial score (nSPS) is 27.1. The Balaban J connectivity index is 1.36. The van der Waals surface area contributed by atoms with Gasteiger partial charge < -0.3 is 9.64 Å². The van der Waals surface area contributed by atoms with E-state index in [0.29, 0.717) is 30.9 Å². The third kappa shape index (κ3) is 8.12. The zero-order chi connectivity index (χ0) is 26.9. The number of carbonyl (C=O) groups excluding carboxylic acids is 1. The van der Waals surface area contributed by atoms with Crippen LogP contribution in [0.5, 0.6) is 0 Å². The minimum absolute atomic E-state index is 0.0530. The highest BCUT2D eigenvalue weighted by molar-refractivity contribution is 5.69. The number of rotatable bonds is 11. The molecule has 0 unspecified atom stereocenters. The van der Waals surface area contributed by atoms with Crippen LogP contribution in [0, 0.1) is 17.8 Å². The van der Waals surface area contributed by atoms with Gasteiger partial charge in [-0.2, -0.15) is 0 Å². The van der Waals surface area contributed by atoms with Gasteiger partial charge in [-0.15, -0.1) is 0 Å². The third-order valence-electron chi connectivity index (χ3n) is 10.4. The number of ether oxygens (including phenoxy) is 1. The number of hydrogen-bond donors (Lipinski definition) is 0. The molecule has 3 saturated carbocycles. The van der Waals surface area contributed by atoms with Crippen molar-refractivity contribution in [1.29, 1.82) is 0 Å². The average molecular weight is 535 g/mol. The van der Waals surface area contributed by atoms with Gasteiger partial charge in [-0.25, -0.2) is 0 Å². The molecule has 1 heterocycles. The van der Waals surface area contributed by atoms with E-state index in [4.69, 9.17) is 4.74 Å². The number of anilines is 1. The largest absolute Gasteiger partial charge is 0.461 e. The minimum Gasteiger partial charge on any atom is -0.461 e. The summed E-state index contributed by atoms with van der Waals surface area (Å²) in [5.41, 5.74) is 2.87. The predicted molar refractivity (Wildman–Crippen MR) is 162 cm³/mol. The van der Waals surface area contributed by atoms with Gasteiger partial charge in [-0.3, -0.25) is 9.69 Å². The van der Waals surface area contributed by atoms with Gasteiger partial charge in [0.2, 0.25) is 0 Å². The molecule has 4 heteroatoms. The van der Waals surface area contributed by atoms with E-state index in [9.17, 15) is 4.79 Å². The van der Waals surface area contributed by atoms with Crippen molar-refractivity contribution in [2.24, 2.45) is 17.8 Å². The lowest BCUT2D eigenvalue weighted by Gasteiger charge is -2.46. The fourth-order valence-corrected chi connectivity index (χ4v) is 8.32. The Bertz CT molecular complexity index is 860. The summed E-state index contributed by atoms with van der Waals surface area (Å²) in [6.45, 7) is 8.99. The van der Waals surface area contributed by atoms with Gasteiger partial charge in [-0.05, 0) is 99.2 Å². The van der Waals surface area contributed by atoms with Crippen molar-refractivity contribution in [3.63, 3.8) is 0 Å². The van der Waals surface area contributed by atoms with Crippen molar-refractivity contribution in [3.8, 4) is 0 Å². The lowest BCUT2D eigenvalue weighted by molar-refractivity contribution is -0.144.